The molecule has 0 aliphatic carbocycles. The second kappa shape index (κ2) is 13.5. The summed E-state index contributed by atoms with van der Waals surface area (Å²) in [6.45, 7) is 17.2. The van der Waals surface area contributed by atoms with Crippen molar-refractivity contribution in [3.63, 3.8) is 0 Å². The molecule has 2 aromatic rings. The number of sulfonamides is 1. The van der Waals surface area contributed by atoms with Gasteiger partial charge in [-0.25, -0.2) is 8.42 Å². The zero-order valence-electron chi connectivity index (χ0n) is 24.4. The van der Waals surface area contributed by atoms with Crippen LogP contribution in [0.25, 0.3) is 0 Å². The molecule has 0 unspecified atom stereocenters. The summed E-state index contributed by atoms with van der Waals surface area (Å²) in [5.74, 6) is 0.308. The van der Waals surface area contributed by atoms with Gasteiger partial charge in [0.2, 0.25) is 5.91 Å². The van der Waals surface area contributed by atoms with Crippen LogP contribution in [0.3, 0.4) is 0 Å². The minimum absolute atomic E-state index is 0.110. The Balaban J connectivity index is 2.32. The number of anilines is 1. The number of rotatable bonds is 12. The van der Waals surface area contributed by atoms with E-state index >= 15 is 0 Å². The molecule has 0 bridgehead atoms. The van der Waals surface area contributed by atoms with Gasteiger partial charge >= 0.3 is 0 Å². The molecule has 0 aromatic heterocycles. The number of likely N-dealkylation sites (N-methyl/N-ethyl adjacent to an activating group) is 1. The molecule has 2 N–H and O–H groups in total. The maximum absolute atomic E-state index is 13.8. The van der Waals surface area contributed by atoms with Gasteiger partial charge in [0, 0.05) is 26.7 Å². The van der Waals surface area contributed by atoms with Crippen molar-refractivity contribution in [2.45, 2.75) is 51.9 Å². The lowest BCUT2D eigenvalue weighted by Gasteiger charge is -2.28. The third kappa shape index (κ3) is 8.75. The van der Waals surface area contributed by atoms with Crippen LogP contribution in [0.2, 0.25) is 0 Å². The van der Waals surface area contributed by atoms with E-state index < -0.39 is 10.0 Å². The molecule has 0 saturated carbocycles. The minimum atomic E-state index is -4.01. The largest absolute Gasteiger partial charge is 0.385 e. The van der Waals surface area contributed by atoms with Crippen molar-refractivity contribution in [1.29, 1.82) is 0 Å². The van der Waals surface area contributed by atoms with Gasteiger partial charge in [-0.2, -0.15) is 0 Å². The fourth-order valence-corrected chi connectivity index (χ4v) is 5.18. The number of benzene rings is 2. The summed E-state index contributed by atoms with van der Waals surface area (Å²) in [4.78, 5) is 17.1. The minimum Gasteiger partial charge on any atom is -0.385 e. The first-order valence-electron chi connectivity index (χ1n) is 13.2. The van der Waals surface area contributed by atoms with E-state index in [0.717, 1.165) is 17.7 Å². The molecular weight excluding hydrogens is 508 g/mol. The molecule has 1 amide bonds. The topological polar surface area (TPSA) is 86.9 Å². The van der Waals surface area contributed by atoms with E-state index in [4.69, 9.17) is 5.73 Å². The number of carbonyl (C=O) groups excluding carboxylic acids is 1. The highest BCUT2D eigenvalue weighted by molar-refractivity contribution is 7.92. The molecule has 2 rings (SSSR count). The lowest BCUT2D eigenvalue weighted by Crippen LogP contribution is -2.43. The van der Waals surface area contributed by atoms with E-state index in [1.165, 1.54) is 4.31 Å². The molecule has 0 fully saturated rings. The molecule has 0 radical (unpaired) electrons. The molecule has 0 heterocycles. The number of amides is 1. The molecule has 0 spiro atoms. The fourth-order valence-electron chi connectivity index (χ4n) is 3.77. The first-order valence-corrected chi connectivity index (χ1v) is 14.6. The summed E-state index contributed by atoms with van der Waals surface area (Å²) < 4.78 is 28.9. The number of nitrogens with zero attached hydrogens (tertiary/aromatic N) is 3. The van der Waals surface area contributed by atoms with Crippen LogP contribution < -0.4 is 10.0 Å². The Bertz CT molecular complexity index is 1290. The predicted octanol–water partition coefficient (Wildman–Crippen LogP) is 5.20. The van der Waals surface area contributed by atoms with Gasteiger partial charge in [-0.3, -0.25) is 9.10 Å². The smallest absolute Gasteiger partial charge is 0.264 e. The van der Waals surface area contributed by atoms with E-state index in [9.17, 15) is 13.2 Å². The molecule has 0 atom stereocenters. The normalized spacial score (nSPS) is 12.4. The quantitative estimate of drug-likeness (QED) is 0.366. The van der Waals surface area contributed by atoms with E-state index in [2.05, 4.69) is 27.4 Å². The van der Waals surface area contributed by atoms with Crippen molar-refractivity contribution in [2.75, 3.05) is 37.5 Å². The summed E-state index contributed by atoms with van der Waals surface area (Å²) >= 11 is 0. The van der Waals surface area contributed by atoms with Gasteiger partial charge in [0.25, 0.3) is 10.0 Å². The molecule has 8 heteroatoms. The monoisotopic (exact) mass is 552 g/mol. The Morgan fingerprint density at radius 2 is 1.56 bits per heavy atom. The zero-order valence-corrected chi connectivity index (χ0v) is 25.3. The Labute approximate surface area is 235 Å². The molecule has 212 valence electrons. The second-order valence-electron chi connectivity index (χ2n) is 10.7. The van der Waals surface area contributed by atoms with Crippen LogP contribution >= 0.6 is 0 Å². The Hall–Kier alpha value is -3.52. The van der Waals surface area contributed by atoms with Crippen molar-refractivity contribution >= 4 is 21.6 Å². The Kier molecular flexibility index (Phi) is 11.0. The summed E-state index contributed by atoms with van der Waals surface area (Å²) in [7, 11) is -2.10. The van der Waals surface area contributed by atoms with Crippen molar-refractivity contribution in [2.24, 2.45) is 5.73 Å². The van der Waals surface area contributed by atoms with E-state index in [-0.39, 0.29) is 29.3 Å². The highest BCUT2D eigenvalue weighted by atomic mass is 32.2. The summed E-state index contributed by atoms with van der Waals surface area (Å²) in [5.41, 5.74) is 9.06. The number of hydrogen-bond donors (Lipinski definition) is 1. The van der Waals surface area contributed by atoms with Crippen LogP contribution in [0.15, 0.2) is 89.6 Å². The molecule has 0 saturated heterocycles. The molecule has 39 heavy (non-hydrogen) atoms. The SMILES string of the molecule is C=C(/C=C\C=C(/N)N(C)CC)CN(CC)C(=O)CN(c1ccc(C)cc1)S(=O)(=O)c1ccc(C(C)(C)C)cc1. The van der Waals surface area contributed by atoms with Crippen LogP contribution in [-0.4, -0.2) is 57.4 Å². The van der Waals surface area contributed by atoms with Crippen LogP contribution in [0.1, 0.15) is 45.7 Å². The van der Waals surface area contributed by atoms with Gasteiger partial charge in [0.15, 0.2) is 0 Å². The van der Waals surface area contributed by atoms with Crippen molar-refractivity contribution in [1.82, 2.24) is 9.80 Å². The molecule has 0 aliphatic heterocycles. The number of aryl methyl sites for hydroxylation is 1. The highest BCUT2D eigenvalue weighted by Crippen LogP contribution is 2.27. The lowest BCUT2D eigenvalue weighted by atomic mass is 9.87. The number of carbonyl (C=O) groups is 1. The maximum atomic E-state index is 13.8. The van der Waals surface area contributed by atoms with Crippen LogP contribution in [0, 0.1) is 6.92 Å². The van der Waals surface area contributed by atoms with Crippen LogP contribution in [0.5, 0.6) is 0 Å². The fraction of sp³-hybridized carbons (Fsp3) is 0.387. The first kappa shape index (κ1) is 31.7. The van der Waals surface area contributed by atoms with Gasteiger partial charge in [-0.05, 0) is 67.7 Å². The molecule has 7 nitrogen and oxygen atoms in total. The number of nitrogens with two attached hydrogens (primary N) is 1. The van der Waals surface area contributed by atoms with Gasteiger partial charge < -0.3 is 15.5 Å². The van der Waals surface area contributed by atoms with Crippen LogP contribution in [-0.2, 0) is 20.2 Å². The molecular formula is C31H44N4O3S. The molecule has 2 aromatic carbocycles. The van der Waals surface area contributed by atoms with Gasteiger partial charge in [-0.15, -0.1) is 0 Å². The standard InChI is InChI=1S/C31H44N4O3S/c1-9-33(8)29(32)13-11-12-25(4)22-34(10-2)30(36)23-35(27-18-14-24(3)15-19-27)39(37,38)28-20-16-26(17-21-28)31(5,6)7/h11-21H,4,9-10,22-23,32H2,1-3,5-8H3/b12-11-,29-13+. The zero-order chi connectivity index (χ0) is 29.4. The number of hydrogen-bond acceptors (Lipinski definition) is 5. The van der Waals surface area contributed by atoms with Crippen LogP contribution in [0.4, 0.5) is 5.69 Å². The molecule has 0 aliphatic rings. The van der Waals surface area contributed by atoms with Gasteiger partial charge in [0.05, 0.1) is 16.4 Å². The van der Waals surface area contributed by atoms with Crippen molar-refractivity contribution in [3.05, 3.63) is 95.9 Å². The highest BCUT2D eigenvalue weighted by Gasteiger charge is 2.29. The average Bonchev–Trinajstić information content (AvgIpc) is 2.89. The van der Waals surface area contributed by atoms with Crippen molar-refractivity contribution < 1.29 is 13.2 Å². The maximum Gasteiger partial charge on any atom is 0.264 e. The number of allylic oxidation sites excluding steroid dienone is 2. The third-order valence-corrected chi connectivity index (χ3v) is 8.34. The first-order chi connectivity index (χ1) is 18.2. The summed E-state index contributed by atoms with van der Waals surface area (Å²) in [5, 5.41) is 0. The van der Waals surface area contributed by atoms with E-state index in [1.54, 1.807) is 47.4 Å². The Morgan fingerprint density at radius 1 is 0.974 bits per heavy atom. The summed E-state index contributed by atoms with van der Waals surface area (Å²) in [6.07, 6.45) is 5.38. The van der Waals surface area contributed by atoms with Gasteiger partial charge in [-0.1, -0.05) is 69.3 Å². The summed E-state index contributed by atoms with van der Waals surface area (Å²) in [6, 6.07) is 14.0. The second-order valence-corrected chi connectivity index (χ2v) is 12.5. The van der Waals surface area contributed by atoms with Crippen molar-refractivity contribution in [3.8, 4) is 0 Å². The van der Waals surface area contributed by atoms with E-state index in [0.29, 0.717) is 23.6 Å². The van der Waals surface area contributed by atoms with E-state index in [1.807, 2.05) is 57.0 Å². The lowest BCUT2D eigenvalue weighted by molar-refractivity contribution is -0.128. The third-order valence-electron chi connectivity index (χ3n) is 6.55. The Morgan fingerprint density at radius 3 is 2.08 bits per heavy atom. The average molecular weight is 553 g/mol. The van der Waals surface area contributed by atoms with Gasteiger partial charge in [0.1, 0.15) is 6.54 Å². The predicted molar refractivity (Wildman–Crippen MR) is 162 cm³/mol.